The first-order valence-corrected chi connectivity index (χ1v) is 7.40. The van der Waals surface area contributed by atoms with Crippen molar-refractivity contribution in [1.29, 1.82) is 0 Å². The fourth-order valence-electron chi connectivity index (χ4n) is 1.20. The lowest BCUT2D eigenvalue weighted by atomic mass is 10.6. The van der Waals surface area contributed by atoms with Crippen LogP contribution in [0.1, 0.15) is 20.8 Å². The van der Waals surface area contributed by atoms with Crippen LogP contribution in [-0.2, 0) is 23.1 Å². The summed E-state index contributed by atoms with van der Waals surface area (Å²) in [5.74, 6) is -0.684. The monoisotopic (exact) mass is 279 g/mol. The molecule has 0 rings (SSSR count). The van der Waals surface area contributed by atoms with E-state index in [0.29, 0.717) is 0 Å². The zero-order valence-corrected chi connectivity index (χ0v) is 12.5. The normalized spacial score (nSPS) is 12.4. The molecular weight excluding hydrogens is 257 g/mol. The van der Waals surface area contributed by atoms with E-state index in [0.717, 1.165) is 0 Å². The maximum Gasteiger partial charge on any atom is 0.370 e. The van der Waals surface area contributed by atoms with Crippen molar-refractivity contribution in [2.45, 2.75) is 20.8 Å². The van der Waals surface area contributed by atoms with Crippen LogP contribution in [0, 0.1) is 0 Å². The predicted molar refractivity (Wildman–Crippen MR) is 69.3 cm³/mol. The lowest BCUT2D eigenvalue weighted by Crippen LogP contribution is -2.15. The molecule has 0 amide bonds. The Balaban J connectivity index is 5.37. The third-order valence-corrected chi connectivity index (χ3v) is 3.84. The molecule has 0 bridgehead atoms. The highest BCUT2D eigenvalue weighted by atomic mass is 31.2. The van der Waals surface area contributed by atoms with E-state index in [9.17, 15) is 9.36 Å². The molecule has 0 spiro atoms. The quantitative estimate of drug-likeness (QED) is 0.385. The second-order valence-corrected chi connectivity index (χ2v) is 5.52. The summed E-state index contributed by atoms with van der Waals surface area (Å²) in [5, 5.41) is -0.0851. The van der Waals surface area contributed by atoms with E-state index in [4.69, 9.17) is 13.8 Å². The zero-order valence-electron chi connectivity index (χ0n) is 11.6. The highest BCUT2D eigenvalue weighted by Gasteiger charge is 2.36. The van der Waals surface area contributed by atoms with E-state index in [1.54, 1.807) is 39.8 Å². The number of hydrogen-bond donors (Lipinski definition) is 0. The van der Waals surface area contributed by atoms with Gasteiger partial charge in [-0.3, -0.25) is 4.57 Å². The van der Waals surface area contributed by atoms with Gasteiger partial charge in [0.25, 0.3) is 0 Å². The van der Waals surface area contributed by atoms with E-state index in [1.807, 2.05) is 0 Å². The summed E-state index contributed by atoms with van der Waals surface area (Å²) in [4.78, 5) is 13.4. The summed E-state index contributed by atoms with van der Waals surface area (Å²) in [7, 11) is -0.205. The van der Waals surface area contributed by atoms with Gasteiger partial charge in [-0.1, -0.05) is 0 Å². The predicted octanol–water partition coefficient (Wildman–Crippen LogP) is 2.22. The molecule has 6 nitrogen and oxygen atoms in total. The maximum atomic E-state index is 12.5. The molecule has 7 heteroatoms. The average molecular weight is 279 g/mol. The van der Waals surface area contributed by atoms with Crippen molar-refractivity contribution < 1.29 is 23.1 Å². The standard InChI is InChI=1S/C11H22NO5P/c1-6-15-11(13)10(9-12(4)5)18(14,16-7-2)17-8-3/h9H,6-8H2,1-5H3/b10-9+. The Morgan fingerprint density at radius 2 is 1.61 bits per heavy atom. The lowest BCUT2D eigenvalue weighted by molar-refractivity contribution is -0.137. The molecule has 0 saturated carbocycles. The number of esters is 1. The van der Waals surface area contributed by atoms with Crippen LogP contribution >= 0.6 is 7.60 Å². The Morgan fingerprint density at radius 3 is 1.94 bits per heavy atom. The van der Waals surface area contributed by atoms with Gasteiger partial charge in [-0.25, -0.2) is 4.79 Å². The Morgan fingerprint density at radius 1 is 1.11 bits per heavy atom. The van der Waals surface area contributed by atoms with Crippen LogP contribution in [0.3, 0.4) is 0 Å². The SMILES string of the molecule is CCOC(=O)/C(=C\N(C)C)P(=O)(OCC)OCC. The number of carbonyl (C=O) groups is 1. The molecule has 0 saturated heterocycles. The molecule has 0 aliphatic carbocycles. The summed E-state index contributed by atoms with van der Waals surface area (Å²) in [6.45, 7) is 5.61. The van der Waals surface area contributed by atoms with Gasteiger partial charge < -0.3 is 18.7 Å². The van der Waals surface area contributed by atoms with Gasteiger partial charge in [0, 0.05) is 20.3 Å². The topological polar surface area (TPSA) is 65.1 Å². The second kappa shape index (κ2) is 8.29. The van der Waals surface area contributed by atoms with Crippen LogP contribution in [0.5, 0.6) is 0 Å². The first kappa shape index (κ1) is 17.2. The molecule has 0 aromatic carbocycles. The van der Waals surface area contributed by atoms with Gasteiger partial charge in [-0.15, -0.1) is 0 Å². The van der Waals surface area contributed by atoms with Crippen molar-refractivity contribution in [3.8, 4) is 0 Å². The molecule has 0 atom stereocenters. The van der Waals surface area contributed by atoms with Crippen LogP contribution in [0.2, 0.25) is 0 Å². The van der Waals surface area contributed by atoms with Gasteiger partial charge in [0.15, 0.2) is 5.31 Å². The van der Waals surface area contributed by atoms with Gasteiger partial charge >= 0.3 is 13.6 Å². The van der Waals surface area contributed by atoms with E-state index in [1.165, 1.54) is 6.20 Å². The molecule has 0 aliphatic heterocycles. The molecule has 0 aromatic heterocycles. The number of nitrogens with zero attached hydrogens (tertiary/aromatic N) is 1. The second-order valence-electron chi connectivity index (χ2n) is 3.53. The lowest BCUT2D eigenvalue weighted by Gasteiger charge is -2.20. The van der Waals surface area contributed by atoms with E-state index < -0.39 is 13.6 Å². The third-order valence-electron chi connectivity index (χ3n) is 1.76. The van der Waals surface area contributed by atoms with E-state index in [2.05, 4.69) is 0 Å². The van der Waals surface area contributed by atoms with Gasteiger partial charge in [-0.05, 0) is 20.8 Å². The molecule has 0 N–H and O–H groups in total. The molecule has 0 aliphatic rings. The van der Waals surface area contributed by atoms with Crippen molar-refractivity contribution in [1.82, 2.24) is 4.90 Å². The molecule has 0 unspecified atom stereocenters. The minimum Gasteiger partial charge on any atom is -0.462 e. The van der Waals surface area contributed by atoms with Gasteiger partial charge in [0.2, 0.25) is 0 Å². The molecule has 0 aromatic rings. The zero-order chi connectivity index (χ0) is 14.2. The Bertz CT molecular complexity index is 330. The van der Waals surface area contributed by atoms with Crippen LogP contribution in [0.4, 0.5) is 0 Å². The molecule has 18 heavy (non-hydrogen) atoms. The third kappa shape index (κ3) is 5.21. The first-order chi connectivity index (χ1) is 8.41. The average Bonchev–Trinajstić information content (AvgIpc) is 2.26. The van der Waals surface area contributed by atoms with Crippen molar-refractivity contribution in [2.75, 3.05) is 33.9 Å². The highest BCUT2D eigenvalue weighted by Crippen LogP contribution is 2.56. The number of carbonyl (C=O) groups excluding carboxylic acids is 1. The Hall–Kier alpha value is -0.840. The summed E-state index contributed by atoms with van der Waals surface area (Å²) in [6.07, 6.45) is 1.41. The molecule has 0 heterocycles. The van der Waals surface area contributed by atoms with Crippen LogP contribution in [0.25, 0.3) is 0 Å². The summed E-state index contributed by atoms with van der Waals surface area (Å²) >= 11 is 0. The maximum absolute atomic E-state index is 12.5. The van der Waals surface area contributed by atoms with Crippen molar-refractivity contribution >= 4 is 13.6 Å². The largest absolute Gasteiger partial charge is 0.462 e. The molecule has 0 radical (unpaired) electrons. The van der Waals surface area contributed by atoms with Crippen molar-refractivity contribution in [3.05, 3.63) is 11.5 Å². The van der Waals surface area contributed by atoms with Gasteiger partial charge in [-0.2, -0.15) is 0 Å². The Kier molecular flexibility index (Phi) is 7.91. The van der Waals surface area contributed by atoms with Gasteiger partial charge in [0.05, 0.1) is 19.8 Å². The Labute approximate surface area is 108 Å². The van der Waals surface area contributed by atoms with E-state index >= 15 is 0 Å². The minimum absolute atomic E-state index is 0.0851. The minimum atomic E-state index is -3.62. The fourth-order valence-corrected chi connectivity index (χ4v) is 2.89. The highest BCUT2D eigenvalue weighted by molar-refractivity contribution is 7.59. The fraction of sp³-hybridized carbons (Fsp3) is 0.727. The summed E-state index contributed by atoms with van der Waals surface area (Å²) in [6, 6.07) is 0. The van der Waals surface area contributed by atoms with Crippen LogP contribution in [-0.4, -0.2) is 44.8 Å². The number of rotatable bonds is 8. The number of ether oxygens (including phenoxy) is 1. The van der Waals surface area contributed by atoms with Crippen molar-refractivity contribution in [2.24, 2.45) is 0 Å². The summed E-state index contributed by atoms with van der Waals surface area (Å²) < 4.78 is 27.7. The smallest absolute Gasteiger partial charge is 0.370 e. The number of hydrogen-bond acceptors (Lipinski definition) is 6. The first-order valence-electron chi connectivity index (χ1n) is 5.86. The molecule has 0 fully saturated rings. The van der Waals surface area contributed by atoms with E-state index in [-0.39, 0.29) is 25.1 Å². The van der Waals surface area contributed by atoms with Crippen molar-refractivity contribution in [3.63, 3.8) is 0 Å². The van der Waals surface area contributed by atoms with Gasteiger partial charge in [0.1, 0.15) is 0 Å². The molecule has 106 valence electrons. The van der Waals surface area contributed by atoms with Crippen LogP contribution < -0.4 is 0 Å². The van der Waals surface area contributed by atoms with Crippen LogP contribution in [0.15, 0.2) is 11.5 Å². The molecular formula is C11H22NO5P. The summed E-state index contributed by atoms with van der Waals surface area (Å²) in [5.41, 5.74) is 0.